The van der Waals surface area contributed by atoms with Gasteiger partial charge in [0.2, 0.25) is 0 Å². The van der Waals surface area contributed by atoms with E-state index in [1.807, 2.05) is 30.3 Å². The number of amides is 1. The van der Waals surface area contributed by atoms with Crippen LogP contribution in [0.15, 0.2) is 74.7 Å². The lowest BCUT2D eigenvalue weighted by Crippen LogP contribution is -2.17. The molecular formula is C23H20Br2N2O4. The van der Waals surface area contributed by atoms with Crippen molar-refractivity contribution in [2.75, 3.05) is 14.2 Å². The van der Waals surface area contributed by atoms with E-state index >= 15 is 0 Å². The van der Waals surface area contributed by atoms with E-state index in [1.165, 1.54) is 6.21 Å². The first-order chi connectivity index (χ1) is 15.0. The molecular weight excluding hydrogens is 528 g/mol. The Morgan fingerprint density at radius 2 is 1.71 bits per heavy atom. The van der Waals surface area contributed by atoms with Crippen LogP contribution in [-0.2, 0) is 6.61 Å². The largest absolute Gasteiger partial charge is 0.497 e. The van der Waals surface area contributed by atoms with Crippen LogP contribution in [-0.4, -0.2) is 26.3 Å². The molecule has 3 aromatic rings. The summed E-state index contributed by atoms with van der Waals surface area (Å²) >= 11 is 6.94. The van der Waals surface area contributed by atoms with E-state index in [9.17, 15) is 4.79 Å². The summed E-state index contributed by atoms with van der Waals surface area (Å²) in [6.45, 7) is 0.396. The molecule has 0 aliphatic rings. The number of carbonyl (C=O) groups is 1. The van der Waals surface area contributed by atoms with Gasteiger partial charge in [0.05, 0.1) is 24.9 Å². The van der Waals surface area contributed by atoms with Crippen molar-refractivity contribution in [3.63, 3.8) is 0 Å². The molecule has 0 saturated heterocycles. The number of hydrogen-bond acceptors (Lipinski definition) is 5. The Labute approximate surface area is 197 Å². The molecule has 0 heterocycles. The average Bonchev–Trinajstić information content (AvgIpc) is 2.79. The van der Waals surface area contributed by atoms with Crippen molar-refractivity contribution in [3.8, 4) is 17.2 Å². The van der Waals surface area contributed by atoms with Gasteiger partial charge in [0.1, 0.15) is 12.4 Å². The third kappa shape index (κ3) is 6.32. The predicted octanol–water partition coefficient (Wildman–Crippen LogP) is 5.57. The SMILES string of the molecule is COc1ccc(C(=O)N/N=C/c2cc(Br)c(OCc3ccc(Br)cc3)c(OC)c2)cc1. The summed E-state index contributed by atoms with van der Waals surface area (Å²) in [7, 11) is 3.14. The maximum Gasteiger partial charge on any atom is 0.271 e. The number of nitrogens with zero attached hydrogens (tertiary/aromatic N) is 1. The lowest BCUT2D eigenvalue weighted by Gasteiger charge is -2.13. The number of halogens is 2. The molecule has 0 fully saturated rings. The molecule has 31 heavy (non-hydrogen) atoms. The lowest BCUT2D eigenvalue weighted by atomic mass is 10.2. The third-order valence-electron chi connectivity index (χ3n) is 4.28. The highest BCUT2D eigenvalue weighted by Gasteiger charge is 2.12. The summed E-state index contributed by atoms with van der Waals surface area (Å²) in [5.74, 6) is 1.50. The Hall–Kier alpha value is -2.84. The van der Waals surface area contributed by atoms with Crippen molar-refractivity contribution in [2.24, 2.45) is 5.10 Å². The molecule has 0 aromatic heterocycles. The molecule has 0 saturated carbocycles. The first kappa shape index (κ1) is 22.8. The van der Waals surface area contributed by atoms with Crippen LogP contribution in [0.25, 0.3) is 0 Å². The summed E-state index contributed by atoms with van der Waals surface area (Å²) in [6, 6.07) is 18.3. The highest BCUT2D eigenvalue weighted by Crippen LogP contribution is 2.37. The van der Waals surface area contributed by atoms with Gasteiger partial charge in [0, 0.05) is 10.0 Å². The summed E-state index contributed by atoms with van der Waals surface area (Å²) in [5, 5.41) is 4.03. The Balaban J connectivity index is 1.66. The maximum atomic E-state index is 12.2. The van der Waals surface area contributed by atoms with Gasteiger partial charge in [-0.15, -0.1) is 0 Å². The first-order valence-corrected chi connectivity index (χ1v) is 10.8. The van der Waals surface area contributed by atoms with Crippen LogP contribution in [0.2, 0.25) is 0 Å². The molecule has 0 aliphatic heterocycles. The predicted molar refractivity (Wildman–Crippen MR) is 127 cm³/mol. The molecule has 0 spiro atoms. The van der Waals surface area contributed by atoms with Crippen molar-refractivity contribution in [2.45, 2.75) is 6.61 Å². The molecule has 6 nitrogen and oxygen atoms in total. The van der Waals surface area contributed by atoms with Crippen LogP contribution in [0.3, 0.4) is 0 Å². The van der Waals surface area contributed by atoms with E-state index in [1.54, 1.807) is 44.6 Å². The number of ether oxygens (including phenoxy) is 3. The third-order valence-corrected chi connectivity index (χ3v) is 5.40. The Kier molecular flexibility index (Phi) is 8.08. The first-order valence-electron chi connectivity index (χ1n) is 9.22. The van der Waals surface area contributed by atoms with E-state index in [2.05, 4.69) is 42.4 Å². The van der Waals surface area contributed by atoms with Gasteiger partial charge >= 0.3 is 0 Å². The quantitative estimate of drug-likeness (QED) is 0.295. The molecule has 3 aromatic carbocycles. The molecule has 1 amide bonds. The number of methoxy groups -OCH3 is 2. The van der Waals surface area contributed by atoms with Gasteiger partial charge in [-0.1, -0.05) is 28.1 Å². The number of benzene rings is 3. The van der Waals surface area contributed by atoms with E-state index in [0.29, 0.717) is 33.9 Å². The van der Waals surface area contributed by atoms with Crippen LogP contribution in [0.1, 0.15) is 21.5 Å². The van der Waals surface area contributed by atoms with Crippen LogP contribution < -0.4 is 19.6 Å². The second-order valence-electron chi connectivity index (χ2n) is 6.38. The van der Waals surface area contributed by atoms with E-state index in [-0.39, 0.29) is 5.91 Å². The molecule has 3 rings (SSSR count). The zero-order valence-corrected chi connectivity index (χ0v) is 20.1. The van der Waals surface area contributed by atoms with Crippen LogP contribution >= 0.6 is 31.9 Å². The Morgan fingerprint density at radius 1 is 1.00 bits per heavy atom. The molecule has 0 unspecified atom stereocenters. The zero-order valence-electron chi connectivity index (χ0n) is 16.9. The molecule has 1 N–H and O–H groups in total. The van der Waals surface area contributed by atoms with Crippen molar-refractivity contribution in [1.82, 2.24) is 5.43 Å². The van der Waals surface area contributed by atoms with Crippen molar-refractivity contribution < 1.29 is 19.0 Å². The summed E-state index contributed by atoms with van der Waals surface area (Å²) in [5.41, 5.74) is 4.75. The number of rotatable bonds is 8. The van der Waals surface area contributed by atoms with E-state index in [4.69, 9.17) is 14.2 Å². The number of hydrazone groups is 1. The van der Waals surface area contributed by atoms with Gasteiger partial charge in [-0.3, -0.25) is 4.79 Å². The molecule has 0 atom stereocenters. The average molecular weight is 548 g/mol. The Morgan fingerprint density at radius 3 is 2.35 bits per heavy atom. The van der Waals surface area contributed by atoms with Crippen LogP contribution in [0, 0.1) is 0 Å². The molecule has 0 bridgehead atoms. The highest BCUT2D eigenvalue weighted by atomic mass is 79.9. The Bertz CT molecular complexity index is 1070. The van der Waals surface area contributed by atoms with Gasteiger partial charge in [-0.05, 0) is 75.6 Å². The number of carbonyl (C=O) groups excluding carboxylic acids is 1. The standard InChI is InChI=1S/C23H20Br2N2O4/c1-29-19-9-5-17(6-10-19)23(28)27-26-13-16-11-20(25)22(21(12-16)30-2)31-14-15-3-7-18(24)8-4-15/h3-13H,14H2,1-2H3,(H,27,28)/b26-13+. The fourth-order valence-corrected chi connectivity index (χ4v) is 3.50. The zero-order chi connectivity index (χ0) is 22.2. The van der Waals surface area contributed by atoms with Crippen molar-refractivity contribution in [3.05, 3.63) is 86.3 Å². The summed E-state index contributed by atoms with van der Waals surface area (Å²) in [6.07, 6.45) is 1.53. The minimum absolute atomic E-state index is 0.320. The monoisotopic (exact) mass is 546 g/mol. The minimum atomic E-state index is -0.320. The second-order valence-corrected chi connectivity index (χ2v) is 8.15. The normalized spacial score (nSPS) is 10.7. The van der Waals surface area contributed by atoms with E-state index in [0.717, 1.165) is 15.6 Å². The number of nitrogens with one attached hydrogen (secondary N) is 1. The molecule has 8 heteroatoms. The molecule has 160 valence electrons. The fourth-order valence-electron chi connectivity index (χ4n) is 2.66. The van der Waals surface area contributed by atoms with Crippen molar-refractivity contribution in [1.29, 1.82) is 0 Å². The molecule has 0 aliphatic carbocycles. The van der Waals surface area contributed by atoms with Gasteiger partial charge in [-0.2, -0.15) is 5.10 Å². The fraction of sp³-hybridized carbons (Fsp3) is 0.130. The van der Waals surface area contributed by atoms with Gasteiger partial charge in [0.15, 0.2) is 11.5 Å². The van der Waals surface area contributed by atoms with E-state index < -0.39 is 0 Å². The van der Waals surface area contributed by atoms with Gasteiger partial charge in [0.25, 0.3) is 5.91 Å². The second kappa shape index (κ2) is 11.0. The minimum Gasteiger partial charge on any atom is -0.497 e. The van der Waals surface area contributed by atoms with Gasteiger partial charge in [-0.25, -0.2) is 5.43 Å². The molecule has 0 radical (unpaired) electrons. The lowest BCUT2D eigenvalue weighted by molar-refractivity contribution is 0.0955. The van der Waals surface area contributed by atoms with Gasteiger partial charge < -0.3 is 14.2 Å². The van der Waals surface area contributed by atoms with Crippen LogP contribution in [0.4, 0.5) is 0 Å². The summed E-state index contributed by atoms with van der Waals surface area (Å²) < 4.78 is 18.2. The number of hydrogen-bond donors (Lipinski definition) is 1. The maximum absolute atomic E-state index is 12.2. The van der Waals surface area contributed by atoms with Crippen molar-refractivity contribution >= 4 is 44.0 Å². The topological polar surface area (TPSA) is 69.2 Å². The van der Waals surface area contributed by atoms with Crippen LogP contribution in [0.5, 0.6) is 17.2 Å². The highest BCUT2D eigenvalue weighted by molar-refractivity contribution is 9.10. The smallest absolute Gasteiger partial charge is 0.271 e. The summed E-state index contributed by atoms with van der Waals surface area (Å²) in [4.78, 5) is 12.2.